The molecule has 36 heavy (non-hydrogen) atoms. The summed E-state index contributed by atoms with van der Waals surface area (Å²) in [5.41, 5.74) is 3.97. The molecule has 1 fully saturated rings. The van der Waals surface area contributed by atoms with E-state index in [1.807, 2.05) is 28.8 Å². The fourth-order valence-electron chi connectivity index (χ4n) is 4.87. The van der Waals surface area contributed by atoms with E-state index >= 15 is 0 Å². The van der Waals surface area contributed by atoms with Gasteiger partial charge in [0.2, 0.25) is 5.88 Å². The Hall–Kier alpha value is -2.81. The van der Waals surface area contributed by atoms with Gasteiger partial charge in [-0.25, -0.2) is 4.79 Å². The zero-order valence-corrected chi connectivity index (χ0v) is 22.6. The minimum absolute atomic E-state index is 0.115. The third-order valence-electron chi connectivity index (χ3n) is 6.91. The number of carbonyl (C=O) groups excluding carboxylic acids is 1. The maximum absolute atomic E-state index is 12.9. The SMILES string of the molecule is Cc1ccc(C)c2c1cc(OC(=O)NC1CCN(C(C)C)CC1)n2Cc1cc(-c2ccc(Cl)s2)on1. The molecular weight excluding hydrogens is 496 g/mol. The number of hydrogen-bond acceptors (Lipinski definition) is 6. The van der Waals surface area contributed by atoms with Crippen LogP contribution in [-0.4, -0.2) is 45.9 Å². The molecule has 5 rings (SSSR count). The van der Waals surface area contributed by atoms with Crippen molar-refractivity contribution in [3.05, 3.63) is 57.6 Å². The zero-order chi connectivity index (χ0) is 25.4. The first kappa shape index (κ1) is 24.9. The highest BCUT2D eigenvalue weighted by molar-refractivity contribution is 7.19. The lowest BCUT2D eigenvalue weighted by atomic mass is 10.0. The number of halogens is 1. The molecule has 4 aromatic rings. The third kappa shape index (κ3) is 5.16. The first-order valence-electron chi connectivity index (χ1n) is 12.3. The summed E-state index contributed by atoms with van der Waals surface area (Å²) in [7, 11) is 0. The van der Waals surface area contributed by atoms with Gasteiger partial charge in [-0.2, -0.15) is 0 Å². The fourth-order valence-corrected chi connectivity index (χ4v) is 5.87. The summed E-state index contributed by atoms with van der Waals surface area (Å²) >= 11 is 7.53. The average molecular weight is 527 g/mol. The molecule has 1 N–H and O–H groups in total. The van der Waals surface area contributed by atoms with Crippen LogP contribution < -0.4 is 10.1 Å². The van der Waals surface area contributed by atoms with Crippen LogP contribution in [0.2, 0.25) is 4.34 Å². The van der Waals surface area contributed by atoms with Gasteiger partial charge < -0.3 is 24.0 Å². The first-order chi connectivity index (χ1) is 17.3. The summed E-state index contributed by atoms with van der Waals surface area (Å²) in [4.78, 5) is 16.3. The highest BCUT2D eigenvalue weighted by Gasteiger charge is 2.24. The molecule has 190 valence electrons. The number of nitrogens with zero attached hydrogens (tertiary/aromatic N) is 3. The smallest absolute Gasteiger partial charge is 0.393 e. The molecule has 0 atom stereocenters. The van der Waals surface area contributed by atoms with Crippen LogP contribution in [0.3, 0.4) is 0 Å². The number of hydrogen-bond donors (Lipinski definition) is 1. The van der Waals surface area contributed by atoms with Gasteiger partial charge in [-0.05, 0) is 63.8 Å². The van der Waals surface area contributed by atoms with Crippen molar-refractivity contribution in [3.8, 4) is 16.5 Å². The van der Waals surface area contributed by atoms with Gasteiger partial charge in [0.25, 0.3) is 0 Å². The van der Waals surface area contributed by atoms with Crippen LogP contribution in [0.1, 0.15) is 43.5 Å². The summed E-state index contributed by atoms with van der Waals surface area (Å²) in [6.07, 6.45) is 1.41. The quantitative estimate of drug-likeness (QED) is 0.305. The molecule has 0 bridgehead atoms. The number of benzene rings is 1. The molecule has 0 radical (unpaired) electrons. The van der Waals surface area contributed by atoms with Crippen molar-refractivity contribution in [2.45, 2.75) is 59.2 Å². The molecule has 0 spiro atoms. The molecule has 0 unspecified atom stereocenters. The van der Waals surface area contributed by atoms with Crippen molar-refractivity contribution in [1.82, 2.24) is 19.9 Å². The maximum Gasteiger partial charge on any atom is 0.414 e. The predicted molar refractivity (Wildman–Crippen MR) is 144 cm³/mol. The highest BCUT2D eigenvalue weighted by Crippen LogP contribution is 2.34. The summed E-state index contributed by atoms with van der Waals surface area (Å²) < 4.78 is 14.2. The molecule has 1 amide bonds. The van der Waals surface area contributed by atoms with Crippen LogP contribution >= 0.6 is 22.9 Å². The monoisotopic (exact) mass is 526 g/mol. The Morgan fingerprint density at radius 1 is 1.19 bits per heavy atom. The lowest BCUT2D eigenvalue weighted by Gasteiger charge is -2.34. The van der Waals surface area contributed by atoms with Gasteiger partial charge in [0.15, 0.2) is 5.76 Å². The highest BCUT2D eigenvalue weighted by atomic mass is 35.5. The molecule has 0 saturated carbocycles. The van der Waals surface area contributed by atoms with Gasteiger partial charge in [-0.1, -0.05) is 28.9 Å². The molecule has 1 aliphatic heterocycles. The molecule has 1 saturated heterocycles. The Morgan fingerprint density at radius 2 is 1.94 bits per heavy atom. The minimum Gasteiger partial charge on any atom is -0.393 e. The molecule has 0 aliphatic carbocycles. The number of rotatable bonds is 6. The molecule has 4 heterocycles. The number of ether oxygens (including phenoxy) is 1. The maximum atomic E-state index is 12.9. The summed E-state index contributed by atoms with van der Waals surface area (Å²) in [5.74, 6) is 1.16. The van der Waals surface area contributed by atoms with Gasteiger partial charge in [0.1, 0.15) is 5.69 Å². The van der Waals surface area contributed by atoms with E-state index in [-0.39, 0.29) is 6.04 Å². The lowest BCUT2D eigenvalue weighted by Crippen LogP contribution is -2.47. The van der Waals surface area contributed by atoms with Gasteiger partial charge in [-0.3, -0.25) is 0 Å². The van der Waals surface area contributed by atoms with Crippen molar-refractivity contribution in [2.75, 3.05) is 13.1 Å². The standard InChI is InChI=1S/C27H31ClN4O3S/c1-16(2)31-11-9-19(10-12-31)29-27(33)34-25-14-21-17(3)5-6-18(4)26(21)32(25)15-20-13-22(35-30-20)23-7-8-24(28)36-23/h5-8,13-14,16,19H,9-12,15H2,1-4H3,(H,29,33). The Bertz CT molecular complexity index is 1380. The number of aromatic nitrogens is 2. The van der Waals surface area contributed by atoms with E-state index in [2.05, 4.69) is 55.2 Å². The van der Waals surface area contributed by atoms with Crippen LogP contribution in [0.4, 0.5) is 4.79 Å². The molecule has 1 aromatic carbocycles. The Labute approximate surface area is 220 Å². The van der Waals surface area contributed by atoms with Crippen molar-refractivity contribution < 1.29 is 14.1 Å². The van der Waals surface area contributed by atoms with Gasteiger partial charge in [0, 0.05) is 42.7 Å². The molecule has 7 nitrogen and oxygen atoms in total. The van der Waals surface area contributed by atoms with E-state index < -0.39 is 6.09 Å². The lowest BCUT2D eigenvalue weighted by molar-refractivity contribution is 0.151. The normalized spacial score (nSPS) is 15.2. The third-order valence-corrected chi connectivity index (χ3v) is 8.16. The predicted octanol–water partition coefficient (Wildman–Crippen LogP) is 6.64. The molecular formula is C27H31ClN4O3S. The summed E-state index contributed by atoms with van der Waals surface area (Å²) in [6, 6.07) is 12.4. The van der Waals surface area contributed by atoms with E-state index in [0.717, 1.165) is 58.5 Å². The average Bonchev–Trinajstić information content (AvgIpc) is 3.57. The summed E-state index contributed by atoms with van der Waals surface area (Å²) in [5, 5.41) is 8.40. The molecule has 3 aromatic heterocycles. The van der Waals surface area contributed by atoms with E-state index in [0.29, 0.717) is 28.6 Å². The Balaban J connectivity index is 1.38. The van der Waals surface area contributed by atoms with E-state index in [1.165, 1.54) is 11.3 Å². The largest absolute Gasteiger partial charge is 0.414 e. The fraction of sp³-hybridized carbons (Fsp3) is 0.407. The number of piperidine rings is 1. The van der Waals surface area contributed by atoms with E-state index in [4.69, 9.17) is 20.9 Å². The Morgan fingerprint density at radius 3 is 2.64 bits per heavy atom. The number of fused-ring (bicyclic) bond motifs is 1. The molecule has 9 heteroatoms. The van der Waals surface area contributed by atoms with E-state index in [9.17, 15) is 4.79 Å². The zero-order valence-electron chi connectivity index (χ0n) is 21.0. The van der Waals surface area contributed by atoms with Crippen molar-refractivity contribution in [2.24, 2.45) is 0 Å². The van der Waals surface area contributed by atoms with Crippen molar-refractivity contribution >= 4 is 39.9 Å². The van der Waals surface area contributed by atoms with E-state index in [1.54, 1.807) is 0 Å². The van der Waals surface area contributed by atoms with Crippen molar-refractivity contribution in [1.29, 1.82) is 0 Å². The summed E-state index contributed by atoms with van der Waals surface area (Å²) in [6.45, 7) is 10.9. The van der Waals surface area contributed by atoms with Crippen LogP contribution in [0.5, 0.6) is 5.88 Å². The van der Waals surface area contributed by atoms with Crippen LogP contribution in [0.15, 0.2) is 40.9 Å². The number of carbonyl (C=O) groups is 1. The number of nitrogens with one attached hydrogen (secondary N) is 1. The number of thiophene rings is 1. The number of aryl methyl sites for hydroxylation is 2. The van der Waals surface area contributed by atoms with Crippen molar-refractivity contribution in [3.63, 3.8) is 0 Å². The number of amides is 1. The topological polar surface area (TPSA) is 72.5 Å². The van der Waals surface area contributed by atoms with Gasteiger partial charge in [0.05, 0.1) is 21.3 Å². The van der Waals surface area contributed by atoms with Gasteiger partial charge >= 0.3 is 6.09 Å². The second-order valence-corrected chi connectivity index (χ2v) is 11.5. The minimum atomic E-state index is -0.425. The van der Waals surface area contributed by atoms with Crippen LogP contribution in [0.25, 0.3) is 21.5 Å². The van der Waals surface area contributed by atoms with Gasteiger partial charge in [-0.15, -0.1) is 11.3 Å². The first-order valence-corrected chi connectivity index (χ1v) is 13.5. The molecule has 1 aliphatic rings. The number of likely N-dealkylation sites (tertiary alicyclic amines) is 1. The Kier molecular flexibility index (Phi) is 7.10. The second kappa shape index (κ2) is 10.3. The second-order valence-electron chi connectivity index (χ2n) is 9.75. The van der Waals surface area contributed by atoms with Crippen LogP contribution in [-0.2, 0) is 6.54 Å². The van der Waals surface area contributed by atoms with Crippen LogP contribution in [0, 0.1) is 13.8 Å².